The third kappa shape index (κ3) is 1.85. The first-order valence-electron chi connectivity index (χ1n) is 7.23. The summed E-state index contributed by atoms with van der Waals surface area (Å²) in [5.74, 6) is 0.0367. The highest BCUT2D eigenvalue weighted by Gasteiger charge is 2.22. The monoisotopic (exact) mass is 280 g/mol. The Kier molecular flexibility index (Phi) is 2.60. The molecule has 0 unspecified atom stereocenters. The molecular formula is C16H16N4O. The Balaban J connectivity index is 1.85. The summed E-state index contributed by atoms with van der Waals surface area (Å²) >= 11 is 0. The maximum absolute atomic E-state index is 11.5. The van der Waals surface area contributed by atoms with Crippen LogP contribution in [0.25, 0.3) is 22.3 Å². The number of benzene rings is 1. The predicted molar refractivity (Wildman–Crippen MR) is 82.2 cm³/mol. The molecule has 2 heterocycles. The number of fused-ring (bicyclic) bond motifs is 5. The summed E-state index contributed by atoms with van der Waals surface area (Å²) in [4.78, 5) is 15.0. The zero-order valence-electron chi connectivity index (χ0n) is 11.8. The molecule has 4 rings (SSSR count). The van der Waals surface area contributed by atoms with Gasteiger partial charge in [0.05, 0.1) is 17.6 Å². The van der Waals surface area contributed by atoms with E-state index in [-0.39, 0.29) is 5.91 Å². The lowest BCUT2D eigenvalue weighted by Crippen LogP contribution is -2.09. The number of anilines is 1. The van der Waals surface area contributed by atoms with Crippen LogP contribution in [0.1, 0.15) is 24.5 Å². The maximum Gasteiger partial charge on any atom is 0.224 e. The summed E-state index contributed by atoms with van der Waals surface area (Å²) in [5.41, 5.74) is 6.72. The Morgan fingerprint density at radius 3 is 3.10 bits per heavy atom. The summed E-state index contributed by atoms with van der Waals surface area (Å²) in [6, 6.07) is 6.01. The molecule has 0 aliphatic heterocycles. The second kappa shape index (κ2) is 4.48. The molecule has 1 aliphatic rings. The number of aromatic amines is 2. The molecule has 21 heavy (non-hydrogen) atoms. The second-order valence-corrected chi connectivity index (χ2v) is 5.41. The fourth-order valence-electron chi connectivity index (χ4n) is 3.02. The Hall–Kier alpha value is -2.56. The molecule has 3 N–H and O–H groups in total. The maximum atomic E-state index is 11.5. The predicted octanol–water partition coefficient (Wildman–Crippen LogP) is 3.01. The van der Waals surface area contributed by atoms with Crippen LogP contribution < -0.4 is 5.32 Å². The Bertz CT molecular complexity index is 843. The molecule has 0 radical (unpaired) electrons. The average molecular weight is 280 g/mol. The van der Waals surface area contributed by atoms with Crippen LogP contribution in [0, 0.1) is 0 Å². The molecule has 1 aromatic carbocycles. The summed E-state index contributed by atoms with van der Waals surface area (Å²) in [5, 5.41) is 11.3. The van der Waals surface area contributed by atoms with Gasteiger partial charge >= 0.3 is 0 Å². The molecule has 106 valence electrons. The normalized spacial score (nSPS) is 13.0. The highest BCUT2D eigenvalue weighted by molar-refractivity contribution is 5.97. The van der Waals surface area contributed by atoms with E-state index in [2.05, 4.69) is 26.6 Å². The van der Waals surface area contributed by atoms with E-state index in [1.165, 1.54) is 16.5 Å². The van der Waals surface area contributed by atoms with Gasteiger partial charge in [-0.05, 0) is 42.2 Å². The minimum Gasteiger partial charge on any atom is -0.353 e. The molecule has 2 aromatic heterocycles. The number of hydrogen-bond donors (Lipinski definition) is 3. The van der Waals surface area contributed by atoms with Gasteiger partial charge in [-0.3, -0.25) is 9.89 Å². The lowest BCUT2D eigenvalue weighted by atomic mass is 9.94. The lowest BCUT2D eigenvalue weighted by molar-refractivity contribution is -0.115. The fourth-order valence-corrected chi connectivity index (χ4v) is 3.02. The minimum atomic E-state index is 0.0367. The molecule has 0 spiro atoms. The van der Waals surface area contributed by atoms with Crippen LogP contribution >= 0.6 is 0 Å². The van der Waals surface area contributed by atoms with Crippen molar-refractivity contribution in [3.8, 4) is 11.4 Å². The summed E-state index contributed by atoms with van der Waals surface area (Å²) in [6.07, 6.45) is 4.38. The standard InChI is InChI=1S/C16H16N4O/c1-2-14(21)18-10-4-6-13-12(7-10)11-5-3-9-8-17-20-15(9)16(11)19-13/h4,6-8,19H,2-3,5H2,1H3,(H,17,20)(H,18,21). The molecule has 0 bridgehead atoms. The third-order valence-corrected chi connectivity index (χ3v) is 4.12. The van der Waals surface area contributed by atoms with Gasteiger partial charge in [-0.1, -0.05) is 6.92 Å². The number of amides is 1. The Labute approximate surface area is 121 Å². The largest absolute Gasteiger partial charge is 0.353 e. The first-order valence-corrected chi connectivity index (χ1v) is 7.23. The van der Waals surface area contributed by atoms with Crippen molar-refractivity contribution in [2.75, 3.05) is 5.32 Å². The van der Waals surface area contributed by atoms with E-state index in [0.717, 1.165) is 35.4 Å². The van der Waals surface area contributed by atoms with Crippen molar-refractivity contribution in [1.29, 1.82) is 0 Å². The van der Waals surface area contributed by atoms with Crippen molar-refractivity contribution in [3.63, 3.8) is 0 Å². The van der Waals surface area contributed by atoms with Gasteiger partial charge in [0, 0.05) is 23.0 Å². The van der Waals surface area contributed by atoms with E-state index in [0.29, 0.717) is 6.42 Å². The van der Waals surface area contributed by atoms with Crippen LogP contribution in [0.4, 0.5) is 5.69 Å². The van der Waals surface area contributed by atoms with Crippen LogP contribution in [-0.2, 0) is 17.6 Å². The van der Waals surface area contributed by atoms with Crippen LogP contribution in [0.15, 0.2) is 24.4 Å². The number of aromatic nitrogens is 3. The summed E-state index contributed by atoms with van der Waals surface area (Å²) in [7, 11) is 0. The van der Waals surface area contributed by atoms with Crippen molar-refractivity contribution >= 4 is 22.5 Å². The van der Waals surface area contributed by atoms with Crippen molar-refractivity contribution in [2.24, 2.45) is 0 Å². The molecule has 3 aromatic rings. The zero-order valence-corrected chi connectivity index (χ0v) is 11.8. The van der Waals surface area contributed by atoms with Gasteiger partial charge in [-0.25, -0.2) is 0 Å². The van der Waals surface area contributed by atoms with Crippen molar-refractivity contribution in [3.05, 3.63) is 35.5 Å². The van der Waals surface area contributed by atoms with Gasteiger partial charge in [0.1, 0.15) is 0 Å². The van der Waals surface area contributed by atoms with Crippen LogP contribution in [0.3, 0.4) is 0 Å². The smallest absolute Gasteiger partial charge is 0.224 e. The number of carbonyl (C=O) groups is 1. The number of aryl methyl sites for hydroxylation is 2. The molecular weight excluding hydrogens is 264 g/mol. The number of nitrogens with zero attached hydrogens (tertiary/aromatic N) is 1. The minimum absolute atomic E-state index is 0.0367. The molecule has 0 fully saturated rings. The van der Waals surface area contributed by atoms with E-state index >= 15 is 0 Å². The molecule has 0 saturated heterocycles. The van der Waals surface area contributed by atoms with Crippen molar-refractivity contribution in [2.45, 2.75) is 26.2 Å². The second-order valence-electron chi connectivity index (χ2n) is 5.41. The highest BCUT2D eigenvalue weighted by Crippen LogP contribution is 2.36. The lowest BCUT2D eigenvalue weighted by Gasteiger charge is -2.11. The first-order chi connectivity index (χ1) is 10.3. The van der Waals surface area contributed by atoms with Crippen LogP contribution in [-0.4, -0.2) is 21.1 Å². The van der Waals surface area contributed by atoms with Gasteiger partial charge in [0.15, 0.2) is 0 Å². The zero-order chi connectivity index (χ0) is 14.4. The first kappa shape index (κ1) is 12.2. The number of rotatable bonds is 2. The number of carbonyl (C=O) groups excluding carboxylic acids is 1. The number of H-pyrrole nitrogens is 2. The highest BCUT2D eigenvalue weighted by atomic mass is 16.1. The molecule has 0 atom stereocenters. The van der Waals surface area contributed by atoms with Gasteiger partial charge in [-0.2, -0.15) is 5.10 Å². The third-order valence-electron chi connectivity index (χ3n) is 4.12. The number of nitrogens with one attached hydrogen (secondary N) is 3. The van der Waals surface area contributed by atoms with E-state index in [4.69, 9.17) is 0 Å². The van der Waals surface area contributed by atoms with Gasteiger partial charge in [0.25, 0.3) is 0 Å². The van der Waals surface area contributed by atoms with Crippen LogP contribution in [0.2, 0.25) is 0 Å². The SMILES string of the molecule is CCC(=O)Nc1ccc2[nH]c3c(c2c1)CCc1cn[nH]c1-3. The molecule has 0 saturated carbocycles. The number of hydrogen-bond acceptors (Lipinski definition) is 2. The fraction of sp³-hybridized carbons (Fsp3) is 0.250. The van der Waals surface area contributed by atoms with Gasteiger partial charge in [-0.15, -0.1) is 0 Å². The quantitative estimate of drug-likeness (QED) is 0.675. The molecule has 1 amide bonds. The van der Waals surface area contributed by atoms with E-state index < -0.39 is 0 Å². The molecule has 5 heteroatoms. The van der Waals surface area contributed by atoms with E-state index in [9.17, 15) is 4.79 Å². The molecule has 1 aliphatic carbocycles. The van der Waals surface area contributed by atoms with Crippen LogP contribution in [0.5, 0.6) is 0 Å². The topological polar surface area (TPSA) is 73.6 Å². The van der Waals surface area contributed by atoms with Gasteiger partial charge < -0.3 is 10.3 Å². The van der Waals surface area contributed by atoms with E-state index in [1.54, 1.807) is 0 Å². The van der Waals surface area contributed by atoms with E-state index in [1.807, 2.05) is 25.3 Å². The van der Waals surface area contributed by atoms with Crippen molar-refractivity contribution < 1.29 is 4.79 Å². The summed E-state index contributed by atoms with van der Waals surface area (Å²) in [6.45, 7) is 1.85. The Morgan fingerprint density at radius 2 is 2.24 bits per heavy atom. The average Bonchev–Trinajstić information content (AvgIpc) is 3.10. The van der Waals surface area contributed by atoms with Crippen molar-refractivity contribution in [1.82, 2.24) is 15.2 Å². The summed E-state index contributed by atoms with van der Waals surface area (Å²) < 4.78 is 0. The van der Waals surface area contributed by atoms with Gasteiger partial charge in [0.2, 0.25) is 5.91 Å². The Morgan fingerprint density at radius 1 is 1.33 bits per heavy atom. The molecule has 5 nitrogen and oxygen atoms in total.